The highest BCUT2D eigenvalue weighted by Gasteiger charge is 2.07. The predicted molar refractivity (Wildman–Crippen MR) is 90.8 cm³/mol. The summed E-state index contributed by atoms with van der Waals surface area (Å²) in [7, 11) is 0. The Hall–Kier alpha value is -1.28. The van der Waals surface area contributed by atoms with E-state index in [1.54, 1.807) is 0 Å². The largest absolute Gasteiger partial charge is 0.494 e. The first-order valence-electron chi connectivity index (χ1n) is 8.25. The molecule has 0 bridgehead atoms. The van der Waals surface area contributed by atoms with Crippen molar-refractivity contribution in [1.82, 2.24) is 0 Å². The molecule has 21 heavy (non-hydrogen) atoms. The molecule has 0 heterocycles. The molecule has 0 aliphatic heterocycles. The molecule has 0 atom stereocenters. The van der Waals surface area contributed by atoms with Crippen LogP contribution in [-0.4, -0.2) is 19.3 Å². The van der Waals surface area contributed by atoms with Gasteiger partial charge in [-0.25, -0.2) is 0 Å². The molecule has 0 aromatic heterocycles. The van der Waals surface area contributed by atoms with Crippen molar-refractivity contribution in [2.45, 2.75) is 59.5 Å². The van der Waals surface area contributed by atoms with Crippen molar-refractivity contribution in [2.75, 3.05) is 13.2 Å². The molecule has 0 N–H and O–H groups in total. The lowest BCUT2D eigenvalue weighted by atomic mass is 10.1. The Balaban J connectivity index is 2.57. The van der Waals surface area contributed by atoms with Crippen LogP contribution in [0.1, 0.15) is 58.9 Å². The Labute approximate surface area is 130 Å². The first kappa shape index (κ1) is 17.8. The number of ether oxygens (including phenoxy) is 2. The summed E-state index contributed by atoms with van der Waals surface area (Å²) in [4.78, 5) is 0. The topological polar surface area (TPSA) is 18.5 Å². The fourth-order valence-corrected chi connectivity index (χ4v) is 2.16. The third kappa shape index (κ3) is 6.34. The van der Waals surface area contributed by atoms with Crippen LogP contribution in [-0.2, 0) is 4.74 Å². The maximum atomic E-state index is 5.96. The Morgan fingerprint density at radius 2 is 1.76 bits per heavy atom. The van der Waals surface area contributed by atoms with Crippen LogP contribution in [0.3, 0.4) is 0 Å². The zero-order valence-corrected chi connectivity index (χ0v) is 14.0. The van der Waals surface area contributed by atoms with Crippen molar-refractivity contribution in [3.05, 3.63) is 35.9 Å². The van der Waals surface area contributed by atoms with Gasteiger partial charge < -0.3 is 9.47 Å². The summed E-state index contributed by atoms with van der Waals surface area (Å²) in [5.74, 6) is 0.948. The van der Waals surface area contributed by atoms with E-state index in [9.17, 15) is 0 Å². The minimum atomic E-state index is 0.358. The highest BCUT2D eigenvalue weighted by Crippen LogP contribution is 2.20. The second-order valence-electron chi connectivity index (χ2n) is 5.29. The fraction of sp³-hybridized carbons (Fsp3) is 0.579. The molecule has 1 aromatic carbocycles. The second-order valence-corrected chi connectivity index (χ2v) is 5.29. The molecule has 0 saturated carbocycles. The van der Waals surface area contributed by atoms with Crippen LogP contribution in [0.5, 0.6) is 5.75 Å². The molecule has 118 valence electrons. The molecule has 1 rings (SSSR count). The minimum Gasteiger partial charge on any atom is -0.494 e. The SMILES string of the molecule is C/C=C(\COC(CC)CC)c1ccc(OCCCC)cc1. The van der Waals surface area contributed by atoms with Gasteiger partial charge in [0, 0.05) is 0 Å². The molecule has 0 saturated heterocycles. The smallest absolute Gasteiger partial charge is 0.119 e. The van der Waals surface area contributed by atoms with E-state index in [2.05, 4.69) is 45.9 Å². The van der Waals surface area contributed by atoms with Crippen molar-refractivity contribution in [1.29, 1.82) is 0 Å². The van der Waals surface area contributed by atoms with Gasteiger partial charge in [0.25, 0.3) is 0 Å². The first-order valence-corrected chi connectivity index (χ1v) is 8.25. The molecule has 2 heteroatoms. The molecule has 2 nitrogen and oxygen atoms in total. The maximum absolute atomic E-state index is 5.96. The summed E-state index contributed by atoms with van der Waals surface area (Å²) < 4.78 is 11.7. The molecule has 0 spiro atoms. The molecular formula is C19H30O2. The van der Waals surface area contributed by atoms with Crippen molar-refractivity contribution in [3.8, 4) is 5.75 Å². The lowest BCUT2D eigenvalue weighted by molar-refractivity contribution is 0.0724. The summed E-state index contributed by atoms with van der Waals surface area (Å²) in [6.07, 6.45) is 6.89. The van der Waals surface area contributed by atoms with Crippen molar-refractivity contribution < 1.29 is 9.47 Å². The van der Waals surface area contributed by atoms with Crippen LogP contribution in [0.4, 0.5) is 0 Å². The lowest BCUT2D eigenvalue weighted by Crippen LogP contribution is -2.12. The van der Waals surface area contributed by atoms with Gasteiger partial charge in [-0.15, -0.1) is 0 Å². The van der Waals surface area contributed by atoms with Crippen LogP contribution in [0.15, 0.2) is 30.3 Å². The quantitative estimate of drug-likeness (QED) is 0.532. The molecule has 1 aromatic rings. The molecule has 0 aliphatic carbocycles. The predicted octanol–water partition coefficient (Wildman–Crippen LogP) is 5.47. The summed E-state index contributed by atoms with van der Waals surface area (Å²) in [5.41, 5.74) is 2.45. The molecule has 0 fully saturated rings. The van der Waals surface area contributed by atoms with E-state index in [0.717, 1.165) is 38.0 Å². The average Bonchev–Trinajstić information content (AvgIpc) is 2.53. The van der Waals surface area contributed by atoms with Crippen molar-refractivity contribution in [2.24, 2.45) is 0 Å². The molecule has 0 radical (unpaired) electrons. The van der Waals surface area contributed by atoms with Gasteiger partial charge >= 0.3 is 0 Å². The molecular weight excluding hydrogens is 260 g/mol. The molecule has 0 amide bonds. The summed E-state index contributed by atoms with van der Waals surface area (Å²) >= 11 is 0. The van der Waals surface area contributed by atoms with Crippen LogP contribution >= 0.6 is 0 Å². The highest BCUT2D eigenvalue weighted by atomic mass is 16.5. The van der Waals surface area contributed by atoms with E-state index in [4.69, 9.17) is 9.47 Å². The van der Waals surface area contributed by atoms with E-state index in [-0.39, 0.29) is 0 Å². The number of benzene rings is 1. The summed E-state index contributed by atoms with van der Waals surface area (Å²) in [6, 6.07) is 8.33. The van der Waals surface area contributed by atoms with Gasteiger partial charge in [0.2, 0.25) is 0 Å². The minimum absolute atomic E-state index is 0.358. The van der Waals surface area contributed by atoms with E-state index < -0.39 is 0 Å². The number of rotatable bonds is 10. The average molecular weight is 290 g/mol. The van der Waals surface area contributed by atoms with Gasteiger partial charge in [-0.3, -0.25) is 0 Å². The Bertz CT molecular complexity index is 402. The second kappa shape index (κ2) is 10.4. The Kier molecular flexibility index (Phi) is 8.84. The standard InChI is InChI=1S/C19H30O2/c1-5-9-14-20-19-12-10-17(11-13-19)16(6-2)15-21-18(7-3)8-4/h6,10-13,18H,5,7-9,14-15H2,1-4H3/b16-6+. The number of hydrogen-bond acceptors (Lipinski definition) is 2. The van der Waals surface area contributed by atoms with Gasteiger partial charge in [0.05, 0.1) is 19.3 Å². The highest BCUT2D eigenvalue weighted by molar-refractivity contribution is 5.66. The molecule has 0 aliphatic rings. The number of unbranched alkanes of at least 4 members (excludes halogenated alkanes) is 1. The maximum Gasteiger partial charge on any atom is 0.119 e. The number of hydrogen-bond donors (Lipinski definition) is 0. The van der Waals surface area contributed by atoms with Gasteiger partial charge in [-0.1, -0.05) is 45.4 Å². The van der Waals surface area contributed by atoms with Crippen LogP contribution in [0, 0.1) is 0 Å². The third-order valence-electron chi connectivity index (χ3n) is 3.73. The zero-order valence-electron chi connectivity index (χ0n) is 14.0. The monoisotopic (exact) mass is 290 g/mol. The third-order valence-corrected chi connectivity index (χ3v) is 3.73. The first-order chi connectivity index (χ1) is 10.2. The van der Waals surface area contributed by atoms with E-state index in [1.807, 2.05) is 12.1 Å². The van der Waals surface area contributed by atoms with Crippen molar-refractivity contribution >= 4 is 5.57 Å². The van der Waals surface area contributed by atoms with Gasteiger partial charge in [-0.05, 0) is 49.5 Å². The Morgan fingerprint density at radius 1 is 1.10 bits per heavy atom. The summed E-state index contributed by atoms with van der Waals surface area (Å²) in [5, 5.41) is 0. The van der Waals surface area contributed by atoms with Crippen LogP contribution < -0.4 is 4.74 Å². The normalized spacial score (nSPS) is 12.0. The lowest BCUT2D eigenvalue weighted by Gasteiger charge is -2.16. The van der Waals surface area contributed by atoms with Crippen LogP contribution in [0.2, 0.25) is 0 Å². The summed E-state index contributed by atoms with van der Waals surface area (Å²) in [6.45, 7) is 10.1. The van der Waals surface area contributed by atoms with Gasteiger partial charge in [0.15, 0.2) is 0 Å². The van der Waals surface area contributed by atoms with Crippen LogP contribution in [0.25, 0.3) is 5.57 Å². The zero-order chi connectivity index (χ0) is 15.5. The molecule has 0 unspecified atom stereocenters. The Morgan fingerprint density at radius 3 is 2.29 bits per heavy atom. The van der Waals surface area contributed by atoms with E-state index >= 15 is 0 Å². The van der Waals surface area contributed by atoms with Gasteiger partial charge in [0.1, 0.15) is 5.75 Å². The van der Waals surface area contributed by atoms with Crippen molar-refractivity contribution in [3.63, 3.8) is 0 Å². The van der Waals surface area contributed by atoms with E-state index in [0.29, 0.717) is 12.7 Å². The number of allylic oxidation sites excluding steroid dienone is 1. The van der Waals surface area contributed by atoms with E-state index in [1.165, 1.54) is 11.1 Å². The van der Waals surface area contributed by atoms with Gasteiger partial charge in [-0.2, -0.15) is 0 Å². The fourth-order valence-electron chi connectivity index (χ4n) is 2.16.